The Labute approximate surface area is 210 Å². The molecule has 3 heterocycles. The van der Waals surface area contributed by atoms with Gasteiger partial charge in [0.25, 0.3) is 5.56 Å². The summed E-state index contributed by atoms with van der Waals surface area (Å²) in [5.74, 6) is 0.409. The molecular weight excluding hydrogens is 498 g/mol. The number of rotatable bonds is 9. The fourth-order valence-electron chi connectivity index (χ4n) is 4.32. The maximum Gasteiger partial charge on any atom is 0.423 e. The highest BCUT2D eigenvalue weighted by molar-refractivity contribution is 5.76. The van der Waals surface area contributed by atoms with Crippen LogP contribution in [0, 0.1) is 0 Å². The van der Waals surface area contributed by atoms with Crippen LogP contribution in [0.25, 0.3) is 0 Å². The molecule has 2 fully saturated rings. The number of anilines is 2. The molecular formula is C23H29F4N7O3. The number of halogens is 4. The van der Waals surface area contributed by atoms with E-state index in [1.165, 1.54) is 0 Å². The van der Waals surface area contributed by atoms with Gasteiger partial charge in [-0.2, -0.15) is 18.3 Å². The van der Waals surface area contributed by atoms with Crippen molar-refractivity contribution in [2.45, 2.75) is 50.5 Å². The molecule has 4 rings (SSSR count). The number of nitrogens with one attached hydrogen (secondary N) is 2. The van der Waals surface area contributed by atoms with Crippen LogP contribution in [0.3, 0.4) is 0 Å². The van der Waals surface area contributed by atoms with Gasteiger partial charge in [0.2, 0.25) is 11.9 Å². The molecule has 10 nitrogen and oxygen atoms in total. The minimum absolute atomic E-state index is 0.0264. The molecule has 202 valence electrons. The van der Waals surface area contributed by atoms with E-state index >= 15 is 0 Å². The first kappa shape index (κ1) is 26.8. The average molecular weight is 528 g/mol. The third kappa shape index (κ3) is 6.35. The van der Waals surface area contributed by atoms with Crippen molar-refractivity contribution in [3.8, 4) is 0 Å². The normalized spacial score (nSPS) is 18.3. The number of hydrogen-bond donors (Lipinski definition) is 2. The zero-order valence-corrected chi connectivity index (χ0v) is 20.4. The molecule has 2 aromatic rings. The van der Waals surface area contributed by atoms with Gasteiger partial charge in [-0.15, -0.1) is 0 Å². The Hall–Kier alpha value is -3.29. The SMILES string of the molecule is CC(COCCC(=O)N1CCN(c2ncc(C3(F)CCC3)cn2)CC1)Nc1cn[nH]c(=O)c1C(F)(F)F. The lowest BCUT2D eigenvalue weighted by Gasteiger charge is -2.36. The highest BCUT2D eigenvalue weighted by atomic mass is 19.4. The number of H-pyrrole nitrogens is 1. The van der Waals surface area contributed by atoms with Gasteiger partial charge in [0, 0.05) is 50.2 Å². The minimum Gasteiger partial charge on any atom is -0.379 e. The molecule has 1 atom stereocenters. The molecule has 2 N–H and O–H groups in total. The fraction of sp³-hybridized carbons (Fsp3) is 0.609. The van der Waals surface area contributed by atoms with E-state index < -0.39 is 34.7 Å². The summed E-state index contributed by atoms with van der Waals surface area (Å²) in [5, 5.41) is 7.77. The van der Waals surface area contributed by atoms with Crippen LogP contribution in [0.5, 0.6) is 0 Å². The topological polar surface area (TPSA) is 116 Å². The van der Waals surface area contributed by atoms with Gasteiger partial charge in [-0.05, 0) is 26.2 Å². The van der Waals surface area contributed by atoms with Gasteiger partial charge >= 0.3 is 6.18 Å². The van der Waals surface area contributed by atoms with Crippen LogP contribution in [-0.4, -0.2) is 76.4 Å². The second kappa shape index (κ2) is 11.0. The van der Waals surface area contributed by atoms with E-state index in [0.29, 0.717) is 50.5 Å². The number of carbonyl (C=O) groups is 1. The van der Waals surface area contributed by atoms with Crippen molar-refractivity contribution in [2.24, 2.45) is 0 Å². The van der Waals surface area contributed by atoms with Gasteiger partial charge in [-0.1, -0.05) is 0 Å². The Balaban J connectivity index is 1.17. The van der Waals surface area contributed by atoms with Crippen molar-refractivity contribution in [1.82, 2.24) is 25.1 Å². The zero-order valence-electron chi connectivity index (χ0n) is 20.4. The second-order valence-electron chi connectivity index (χ2n) is 9.31. The Morgan fingerprint density at radius 1 is 1.19 bits per heavy atom. The molecule has 14 heteroatoms. The summed E-state index contributed by atoms with van der Waals surface area (Å²) in [6, 6.07) is -0.564. The number of carbonyl (C=O) groups excluding carboxylic acids is 1. The van der Waals surface area contributed by atoms with E-state index in [1.807, 2.05) is 4.90 Å². The van der Waals surface area contributed by atoms with Crippen LogP contribution < -0.4 is 15.8 Å². The first-order valence-corrected chi connectivity index (χ1v) is 12.1. The second-order valence-corrected chi connectivity index (χ2v) is 9.31. The Bertz CT molecular complexity index is 1130. The van der Waals surface area contributed by atoms with Crippen molar-refractivity contribution >= 4 is 17.5 Å². The predicted octanol–water partition coefficient (Wildman–Crippen LogP) is 2.48. The van der Waals surface area contributed by atoms with Crippen molar-refractivity contribution in [3.63, 3.8) is 0 Å². The lowest BCUT2D eigenvalue weighted by molar-refractivity contribution is -0.138. The third-order valence-electron chi connectivity index (χ3n) is 6.59. The molecule has 37 heavy (non-hydrogen) atoms. The number of hydrogen-bond acceptors (Lipinski definition) is 8. The summed E-state index contributed by atoms with van der Waals surface area (Å²) >= 11 is 0. The molecule has 1 unspecified atom stereocenters. The van der Waals surface area contributed by atoms with E-state index in [1.54, 1.807) is 29.3 Å². The summed E-state index contributed by atoms with van der Waals surface area (Å²) in [4.78, 5) is 36.3. The molecule has 0 bridgehead atoms. The van der Waals surface area contributed by atoms with Crippen LogP contribution in [0.4, 0.5) is 29.2 Å². The van der Waals surface area contributed by atoms with Crippen LogP contribution >= 0.6 is 0 Å². The summed E-state index contributed by atoms with van der Waals surface area (Å²) in [6.45, 7) is 3.75. The largest absolute Gasteiger partial charge is 0.423 e. The maximum absolute atomic E-state index is 14.5. The number of nitrogens with zero attached hydrogens (tertiary/aromatic N) is 5. The molecule has 1 saturated carbocycles. The number of aromatic amines is 1. The zero-order chi connectivity index (χ0) is 26.6. The average Bonchev–Trinajstić information content (AvgIpc) is 2.84. The first-order valence-electron chi connectivity index (χ1n) is 12.1. The lowest BCUT2D eigenvalue weighted by atomic mass is 9.78. The van der Waals surface area contributed by atoms with Crippen molar-refractivity contribution in [3.05, 3.63) is 40.1 Å². The Morgan fingerprint density at radius 3 is 2.46 bits per heavy atom. The standard InChI is InChI=1S/C23H29F4N7O3/c1-15(31-17-13-30-32-20(36)19(17)23(25,26)27)14-37-10-3-18(35)33-6-8-34(9-7-33)21-28-11-16(12-29-21)22(24)4-2-5-22/h11-13,15H,2-10,14H2,1H3,(H2,31,32,36). The van der Waals surface area contributed by atoms with Crippen molar-refractivity contribution < 1.29 is 27.1 Å². The monoisotopic (exact) mass is 527 g/mol. The van der Waals surface area contributed by atoms with E-state index in [0.717, 1.165) is 12.6 Å². The van der Waals surface area contributed by atoms with Gasteiger partial charge in [-0.3, -0.25) is 9.59 Å². The molecule has 2 aromatic heterocycles. The van der Waals surface area contributed by atoms with Crippen LogP contribution in [0.2, 0.25) is 0 Å². The fourth-order valence-corrected chi connectivity index (χ4v) is 4.32. The number of alkyl halides is 4. The van der Waals surface area contributed by atoms with Crippen molar-refractivity contribution in [2.75, 3.05) is 49.6 Å². The number of ether oxygens (including phenoxy) is 1. The van der Waals surface area contributed by atoms with E-state index in [9.17, 15) is 27.2 Å². The van der Waals surface area contributed by atoms with Gasteiger partial charge < -0.3 is 19.9 Å². The van der Waals surface area contributed by atoms with Gasteiger partial charge in [0.05, 0.1) is 31.5 Å². The third-order valence-corrected chi connectivity index (χ3v) is 6.59. The number of amides is 1. The molecule has 1 saturated heterocycles. The first-order chi connectivity index (χ1) is 17.6. The van der Waals surface area contributed by atoms with Crippen LogP contribution in [0.1, 0.15) is 43.7 Å². The summed E-state index contributed by atoms with van der Waals surface area (Å²) in [5.41, 5.74) is -3.91. The van der Waals surface area contributed by atoms with Gasteiger partial charge in [-0.25, -0.2) is 19.5 Å². The summed E-state index contributed by atoms with van der Waals surface area (Å²) in [7, 11) is 0. The molecule has 0 aromatic carbocycles. The van der Waals surface area contributed by atoms with E-state index in [-0.39, 0.29) is 25.5 Å². The number of piperazine rings is 1. The molecule has 2 aliphatic rings. The van der Waals surface area contributed by atoms with E-state index in [4.69, 9.17) is 4.74 Å². The lowest BCUT2D eigenvalue weighted by Crippen LogP contribution is -2.49. The molecule has 0 spiro atoms. The van der Waals surface area contributed by atoms with Crippen LogP contribution in [0.15, 0.2) is 23.4 Å². The minimum atomic E-state index is -4.83. The Kier molecular flexibility index (Phi) is 7.95. The van der Waals surface area contributed by atoms with Gasteiger partial charge in [0.1, 0.15) is 11.2 Å². The molecule has 1 aliphatic heterocycles. The molecule has 1 amide bonds. The molecule has 1 aliphatic carbocycles. The van der Waals surface area contributed by atoms with Gasteiger partial charge in [0.15, 0.2) is 0 Å². The predicted molar refractivity (Wildman–Crippen MR) is 126 cm³/mol. The van der Waals surface area contributed by atoms with Crippen LogP contribution in [-0.2, 0) is 21.4 Å². The quantitative estimate of drug-likeness (QED) is 0.378. The maximum atomic E-state index is 14.5. The van der Waals surface area contributed by atoms with E-state index in [2.05, 4.69) is 20.4 Å². The summed E-state index contributed by atoms with van der Waals surface area (Å²) in [6.07, 6.45) is 1.14. The number of aromatic nitrogens is 4. The summed E-state index contributed by atoms with van der Waals surface area (Å²) < 4.78 is 59.4. The Morgan fingerprint density at radius 2 is 1.86 bits per heavy atom. The molecule has 0 radical (unpaired) electrons. The highest BCUT2D eigenvalue weighted by Crippen LogP contribution is 2.44. The highest BCUT2D eigenvalue weighted by Gasteiger charge is 2.40. The van der Waals surface area contributed by atoms with Crippen molar-refractivity contribution in [1.29, 1.82) is 0 Å². The smallest absolute Gasteiger partial charge is 0.379 e.